The molecule has 0 saturated carbocycles. The van der Waals surface area contributed by atoms with Crippen molar-refractivity contribution in [2.45, 2.75) is 0 Å². The third-order valence-electron chi connectivity index (χ3n) is 1.37. The Hall–Kier alpha value is -0.510. The highest BCUT2D eigenvalue weighted by Gasteiger charge is 2.13. The van der Waals surface area contributed by atoms with Crippen LogP contribution in [-0.4, -0.2) is 15.0 Å². The van der Waals surface area contributed by atoms with Crippen LogP contribution in [-0.2, 0) is 0 Å². The van der Waals surface area contributed by atoms with Gasteiger partial charge in [-0.3, -0.25) is 0 Å². The van der Waals surface area contributed by atoms with Gasteiger partial charge in [-0.1, -0.05) is 23.2 Å². The van der Waals surface area contributed by atoms with Gasteiger partial charge in [0.2, 0.25) is 5.28 Å². The van der Waals surface area contributed by atoms with Crippen molar-refractivity contribution < 1.29 is 0 Å². The summed E-state index contributed by atoms with van der Waals surface area (Å²) in [6.45, 7) is 0. The van der Waals surface area contributed by atoms with E-state index in [-0.39, 0.29) is 10.4 Å². The van der Waals surface area contributed by atoms with E-state index in [0.717, 1.165) is 0 Å². The zero-order valence-corrected chi connectivity index (χ0v) is 7.87. The van der Waals surface area contributed by atoms with Crippen LogP contribution in [0.25, 0.3) is 11.4 Å². The van der Waals surface area contributed by atoms with E-state index in [9.17, 15) is 0 Å². The summed E-state index contributed by atoms with van der Waals surface area (Å²) >= 11 is 17.0. The SMILES string of the molecule is Clc1cc2[nH]c(Cl)nc(Cl)c-2n1. The molecule has 0 atom stereocenters. The van der Waals surface area contributed by atoms with Crippen LogP contribution in [0.1, 0.15) is 0 Å². The number of nitrogens with zero attached hydrogens (tertiary/aromatic N) is 2. The first kappa shape index (κ1) is 8.10. The summed E-state index contributed by atoms with van der Waals surface area (Å²) in [4.78, 5) is 10.5. The lowest BCUT2D eigenvalue weighted by molar-refractivity contribution is 1.15. The quantitative estimate of drug-likeness (QED) is 0.550. The Morgan fingerprint density at radius 2 is 1.92 bits per heavy atom. The Morgan fingerprint density at radius 1 is 1.17 bits per heavy atom. The van der Waals surface area contributed by atoms with Gasteiger partial charge in [-0.2, -0.15) is 0 Å². The molecule has 3 nitrogen and oxygen atoms in total. The van der Waals surface area contributed by atoms with E-state index in [1.807, 2.05) is 0 Å². The maximum atomic E-state index is 5.74. The first-order chi connectivity index (χ1) is 5.66. The van der Waals surface area contributed by atoms with Crippen molar-refractivity contribution in [3.8, 4) is 11.4 Å². The number of hydrogen-bond donors (Lipinski definition) is 1. The molecule has 0 aromatic heterocycles. The Morgan fingerprint density at radius 3 is 2.67 bits per heavy atom. The second kappa shape index (κ2) is 2.76. The third kappa shape index (κ3) is 1.24. The van der Waals surface area contributed by atoms with Crippen molar-refractivity contribution in [2.75, 3.05) is 0 Å². The fraction of sp³-hybridized carbons (Fsp3) is 0. The largest absolute Gasteiger partial charge is 0.328 e. The van der Waals surface area contributed by atoms with Gasteiger partial charge in [0, 0.05) is 6.07 Å². The maximum Gasteiger partial charge on any atom is 0.201 e. The van der Waals surface area contributed by atoms with Crippen LogP contribution in [0, 0.1) is 0 Å². The minimum absolute atomic E-state index is 0.219. The molecule has 0 amide bonds. The average molecular weight is 222 g/mol. The Bertz CT molecular complexity index is 398. The lowest BCUT2D eigenvalue weighted by Gasteiger charge is -1.99. The Balaban J connectivity index is 2.79. The van der Waals surface area contributed by atoms with E-state index in [2.05, 4.69) is 15.0 Å². The molecule has 0 saturated heterocycles. The van der Waals surface area contributed by atoms with E-state index in [4.69, 9.17) is 34.8 Å². The molecule has 0 aromatic rings. The fourth-order valence-corrected chi connectivity index (χ4v) is 1.57. The van der Waals surface area contributed by atoms with Gasteiger partial charge in [0.1, 0.15) is 10.8 Å². The molecule has 0 aromatic carbocycles. The van der Waals surface area contributed by atoms with Gasteiger partial charge in [-0.15, -0.1) is 0 Å². The molecule has 0 bridgehead atoms. The molecule has 62 valence electrons. The highest BCUT2D eigenvalue weighted by atomic mass is 35.5. The highest BCUT2D eigenvalue weighted by molar-refractivity contribution is 6.34. The zero-order valence-electron chi connectivity index (χ0n) is 5.61. The molecule has 0 aliphatic carbocycles. The van der Waals surface area contributed by atoms with Crippen LogP contribution in [0.3, 0.4) is 0 Å². The molecule has 12 heavy (non-hydrogen) atoms. The van der Waals surface area contributed by atoms with Crippen LogP contribution >= 0.6 is 34.8 Å². The van der Waals surface area contributed by atoms with Crippen LogP contribution in [0.2, 0.25) is 15.6 Å². The standard InChI is InChI=1S/C6H2Cl3N3/c7-3-1-2-4(11-3)5(8)12-6(9)10-2/h1H,(H,10,12). The van der Waals surface area contributed by atoms with Crippen molar-refractivity contribution >= 4 is 34.8 Å². The summed E-state index contributed by atoms with van der Waals surface area (Å²) in [7, 11) is 0. The summed E-state index contributed by atoms with van der Waals surface area (Å²) in [5, 5.41) is 0.837. The number of aromatic nitrogens is 3. The lowest BCUT2D eigenvalue weighted by atomic mass is 10.3. The highest BCUT2D eigenvalue weighted by Crippen LogP contribution is 2.29. The van der Waals surface area contributed by atoms with Crippen molar-refractivity contribution in [1.29, 1.82) is 0 Å². The molecular formula is C6H2Cl3N3. The van der Waals surface area contributed by atoms with Gasteiger partial charge in [0.25, 0.3) is 0 Å². The molecule has 2 rings (SSSR count). The predicted molar refractivity (Wildman–Crippen MR) is 48.0 cm³/mol. The van der Waals surface area contributed by atoms with Crippen LogP contribution in [0.5, 0.6) is 0 Å². The van der Waals surface area contributed by atoms with Gasteiger partial charge in [-0.05, 0) is 11.6 Å². The molecule has 0 fully saturated rings. The monoisotopic (exact) mass is 221 g/mol. The van der Waals surface area contributed by atoms with Gasteiger partial charge >= 0.3 is 0 Å². The second-order valence-electron chi connectivity index (χ2n) is 2.16. The molecule has 6 heteroatoms. The summed E-state index contributed by atoms with van der Waals surface area (Å²) in [5.41, 5.74) is 1.22. The number of halogens is 3. The summed E-state index contributed by atoms with van der Waals surface area (Å²) < 4.78 is 0. The maximum absolute atomic E-state index is 5.74. The summed E-state index contributed by atoms with van der Waals surface area (Å²) in [6.07, 6.45) is 0. The molecule has 2 aliphatic rings. The van der Waals surface area contributed by atoms with Crippen LogP contribution < -0.4 is 0 Å². The zero-order chi connectivity index (χ0) is 8.72. The molecule has 0 spiro atoms. The Labute approximate surface area is 83.0 Å². The molecule has 2 heterocycles. The van der Waals surface area contributed by atoms with Crippen LogP contribution in [0.15, 0.2) is 6.07 Å². The lowest BCUT2D eigenvalue weighted by Crippen LogP contribution is -1.89. The topological polar surface area (TPSA) is 41.6 Å². The van der Waals surface area contributed by atoms with Crippen molar-refractivity contribution in [3.05, 3.63) is 21.7 Å². The van der Waals surface area contributed by atoms with E-state index in [0.29, 0.717) is 16.5 Å². The number of aromatic amines is 1. The van der Waals surface area contributed by atoms with E-state index in [1.165, 1.54) is 0 Å². The number of nitrogens with one attached hydrogen (secondary N) is 1. The van der Waals surface area contributed by atoms with Gasteiger partial charge < -0.3 is 4.98 Å². The molecule has 1 N–H and O–H groups in total. The van der Waals surface area contributed by atoms with E-state index >= 15 is 0 Å². The van der Waals surface area contributed by atoms with Gasteiger partial charge in [-0.25, -0.2) is 9.97 Å². The van der Waals surface area contributed by atoms with Crippen molar-refractivity contribution in [3.63, 3.8) is 0 Å². The summed E-state index contributed by atoms with van der Waals surface area (Å²) in [5.74, 6) is 0. The predicted octanol–water partition coefficient (Wildman–Crippen LogP) is 2.87. The molecular weight excluding hydrogens is 220 g/mol. The molecule has 2 aliphatic heterocycles. The van der Waals surface area contributed by atoms with Crippen molar-refractivity contribution in [1.82, 2.24) is 15.0 Å². The fourth-order valence-electron chi connectivity index (χ4n) is 0.918. The minimum Gasteiger partial charge on any atom is -0.328 e. The minimum atomic E-state index is 0.219. The van der Waals surface area contributed by atoms with Crippen molar-refractivity contribution in [2.24, 2.45) is 0 Å². The Kier molecular flexibility index (Phi) is 1.87. The molecule has 0 radical (unpaired) electrons. The molecule has 0 unspecified atom stereocenters. The number of fused-ring (bicyclic) bond motifs is 1. The second-order valence-corrected chi connectivity index (χ2v) is 3.26. The van der Waals surface area contributed by atoms with Gasteiger partial charge in [0.15, 0.2) is 5.15 Å². The van der Waals surface area contributed by atoms with E-state index < -0.39 is 0 Å². The summed E-state index contributed by atoms with van der Waals surface area (Å²) in [6, 6.07) is 1.64. The smallest absolute Gasteiger partial charge is 0.201 e. The van der Waals surface area contributed by atoms with E-state index in [1.54, 1.807) is 6.07 Å². The first-order valence-electron chi connectivity index (χ1n) is 3.04. The third-order valence-corrected chi connectivity index (χ3v) is 2.00. The number of hydrogen-bond acceptors (Lipinski definition) is 2. The van der Waals surface area contributed by atoms with Gasteiger partial charge in [0.05, 0.1) is 5.69 Å². The normalized spacial score (nSPS) is 10.9. The number of H-pyrrole nitrogens is 1. The first-order valence-corrected chi connectivity index (χ1v) is 4.17. The van der Waals surface area contributed by atoms with Crippen LogP contribution in [0.4, 0.5) is 0 Å². The number of rotatable bonds is 0. The average Bonchev–Trinajstić information content (AvgIpc) is 2.29.